The molecule has 1 saturated carbocycles. The smallest absolute Gasteiger partial charge is 0.332 e. The molecule has 0 amide bonds. The number of carboxylic acid groups (broad SMARTS) is 1. The van der Waals surface area contributed by atoms with Crippen LogP contribution in [0.4, 0.5) is 4.39 Å². The normalized spacial score (nSPS) is 16.1. The highest BCUT2D eigenvalue weighted by atomic mass is 19.1. The van der Waals surface area contributed by atoms with Crippen molar-refractivity contribution < 1.29 is 24.5 Å². The average Bonchev–Trinajstić information content (AvgIpc) is 3.57. The van der Waals surface area contributed by atoms with Gasteiger partial charge in [0.05, 0.1) is 17.3 Å². The summed E-state index contributed by atoms with van der Waals surface area (Å²) in [7, 11) is 0. The third-order valence-electron chi connectivity index (χ3n) is 5.29. The number of carboxylic acids is 1. The predicted octanol–water partition coefficient (Wildman–Crippen LogP) is 4.13. The number of halogens is 1. The maximum Gasteiger partial charge on any atom is 0.332 e. The van der Waals surface area contributed by atoms with E-state index in [-0.39, 0.29) is 12.2 Å². The quantitative estimate of drug-likeness (QED) is 0.548. The number of hydrogen-bond acceptors (Lipinski definition) is 4. The fourth-order valence-corrected chi connectivity index (χ4v) is 3.63. The number of benzene rings is 2. The van der Waals surface area contributed by atoms with Gasteiger partial charge in [-0.2, -0.15) is 0 Å². The van der Waals surface area contributed by atoms with E-state index >= 15 is 0 Å². The Morgan fingerprint density at radius 2 is 1.83 bits per heavy atom. The van der Waals surface area contributed by atoms with E-state index < -0.39 is 18.2 Å². The fourth-order valence-electron chi connectivity index (χ4n) is 3.63. The molecule has 3 aromatic rings. The van der Waals surface area contributed by atoms with Gasteiger partial charge in [-0.1, -0.05) is 42.5 Å². The summed E-state index contributed by atoms with van der Waals surface area (Å²) in [6.45, 7) is 0. The maximum absolute atomic E-state index is 13.5. The predicted molar refractivity (Wildman–Crippen MR) is 112 cm³/mol. The largest absolute Gasteiger partial charge is 0.479 e. The van der Waals surface area contributed by atoms with E-state index in [9.17, 15) is 19.4 Å². The number of pyridine rings is 1. The van der Waals surface area contributed by atoms with E-state index in [4.69, 9.17) is 10.1 Å². The number of aliphatic hydroxyl groups excluding tert-OH is 2. The van der Waals surface area contributed by atoms with Crippen LogP contribution in [0.1, 0.15) is 36.4 Å². The molecular weight excluding hydrogens is 385 g/mol. The number of nitrogens with zero attached hydrogens (tertiary/aromatic N) is 1. The first-order valence-electron chi connectivity index (χ1n) is 9.89. The van der Waals surface area contributed by atoms with Gasteiger partial charge in [0.15, 0.2) is 6.10 Å². The summed E-state index contributed by atoms with van der Waals surface area (Å²) in [6.07, 6.45) is 2.19. The van der Waals surface area contributed by atoms with Crippen molar-refractivity contribution in [1.29, 1.82) is 0 Å². The van der Waals surface area contributed by atoms with Crippen molar-refractivity contribution in [3.8, 4) is 11.1 Å². The lowest BCUT2D eigenvalue weighted by Crippen LogP contribution is -2.24. The third kappa shape index (κ3) is 4.25. The molecule has 0 aliphatic heterocycles. The molecule has 1 fully saturated rings. The molecule has 2 aromatic carbocycles. The summed E-state index contributed by atoms with van der Waals surface area (Å²) in [5, 5.41) is 29.5. The van der Waals surface area contributed by atoms with Crippen LogP contribution < -0.4 is 0 Å². The molecule has 4 rings (SSSR count). The zero-order valence-electron chi connectivity index (χ0n) is 16.2. The van der Waals surface area contributed by atoms with Crippen molar-refractivity contribution in [1.82, 2.24) is 4.98 Å². The van der Waals surface area contributed by atoms with Crippen LogP contribution in [-0.4, -0.2) is 38.5 Å². The minimum atomic E-state index is -1.64. The maximum atomic E-state index is 13.5. The summed E-state index contributed by atoms with van der Waals surface area (Å²) in [5.74, 6) is -1.38. The standard InChI is InChI=1S/C24H22FNO4/c25-16-9-7-14(8-10-16)22-18-3-1-2-4-20(18)26-23(15-5-6-15)19(22)12-11-17(27)13-21(28)24(29)30/h1-4,7-12,15,17,21,27-28H,5-6,13H2,(H,29,30)/b12-11+/t17-,21-/m1/s1. The van der Waals surface area contributed by atoms with Crippen LogP contribution in [0.25, 0.3) is 28.1 Å². The number of aliphatic hydroxyl groups is 2. The molecule has 1 heterocycles. The molecule has 30 heavy (non-hydrogen) atoms. The molecule has 1 aliphatic rings. The lowest BCUT2D eigenvalue weighted by Gasteiger charge is -2.16. The second kappa shape index (κ2) is 8.34. The first-order chi connectivity index (χ1) is 14.4. The number of para-hydroxylation sites is 1. The van der Waals surface area contributed by atoms with Crippen LogP contribution in [0.2, 0.25) is 0 Å². The van der Waals surface area contributed by atoms with E-state index in [0.29, 0.717) is 5.92 Å². The lowest BCUT2D eigenvalue weighted by atomic mass is 9.92. The highest BCUT2D eigenvalue weighted by Gasteiger charge is 2.29. The van der Waals surface area contributed by atoms with Gasteiger partial charge in [-0.15, -0.1) is 0 Å². The van der Waals surface area contributed by atoms with Gasteiger partial charge in [0, 0.05) is 28.9 Å². The third-order valence-corrected chi connectivity index (χ3v) is 5.29. The van der Waals surface area contributed by atoms with Crippen LogP contribution in [0, 0.1) is 5.82 Å². The summed E-state index contributed by atoms with van der Waals surface area (Å²) in [4.78, 5) is 15.7. The molecule has 3 N–H and O–H groups in total. The van der Waals surface area contributed by atoms with Gasteiger partial charge in [0.1, 0.15) is 5.82 Å². The molecule has 5 nitrogen and oxygen atoms in total. The van der Waals surface area contributed by atoms with Gasteiger partial charge in [-0.25, -0.2) is 9.18 Å². The number of rotatable bonds is 7. The van der Waals surface area contributed by atoms with Gasteiger partial charge in [-0.3, -0.25) is 4.98 Å². The van der Waals surface area contributed by atoms with Gasteiger partial charge in [0.2, 0.25) is 0 Å². The number of aromatic nitrogens is 1. The highest BCUT2D eigenvalue weighted by Crippen LogP contribution is 2.45. The van der Waals surface area contributed by atoms with Gasteiger partial charge in [-0.05, 0) is 36.6 Å². The fraction of sp³-hybridized carbons (Fsp3) is 0.250. The minimum absolute atomic E-state index is 0.308. The molecule has 1 aliphatic carbocycles. The van der Waals surface area contributed by atoms with Gasteiger partial charge < -0.3 is 15.3 Å². The van der Waals surface area contributed by atoms with Crippen molar-refractivity contribution in [2.75, 3.05) is 0 Å². The Bertz CT molecular complexity index is 1110. The summed E-state index contributed by atoms with van der Waals surface area (Å²) in [6, 6.07) is 14.0. The average molecular weight is 407 g/mol. The second-order valence-electron chi connectivity index (χ2n) is 7.60. The monoisotopic (exact) mass is 407 g/mol. The lowest BCUT2D eigenvalue weighted by molar-refractivity contribution is -0.147. The van der Waals surface area contributed by atoms with Crippen molar-refractivity contribution >= 4 is 22.9 Å². The zero-order chi connectivity index (χ0) is 21.3. The van der Waals surface area contributed by atoms with Gasteiger partial charge in [0.25, 0.3) is 0 Å². The number of aliphatic carboxylic acids is 1. The molecule has 0 saturated heterocycles. The SMILES string of the molecule is O=C(O)[C@H](O)C[C@H](O)/C=C/c1c(C2CC2)nc2ccccc2c1-c1ccc(F)cc1. The molecule has 0 bridgehead atoms. The Balaban J connectivity index is 1.85. The molecular formula is C24H22FNO4. The van der Waals surface area contributed by atoms with Crippen molar-refractivity contribution in [3.05, 3.63) is 71.7 Å². The van der Waals surface area contributed by atoms with Crippen molar-refractivity contribution in [3.63, 3.8) is 0 Å². The Kier molecular flexibility index (Phi) is 5.61. The highest BCUT2D eigenvalue weighted by molar-refractivity contribution is 5.99. The number of carbonyl (C=O) groups is 1. The molecule has 154 valence electrons. The Hall–Kier alpha value is -3.09. The first-order valence-corrected chi connectivity index (χ1v) is 9.89. The second-order valence-corrected chi connectivity index (χ2v) is 7.60. The Morgan fingerprint density at radius 3 is 2.50 bits per heavy atom. The topological polar surface area (TPSA) is 90.7 Å². The van der Waals surface area contributed by atoms with E-state index in [1.54, 1.807) is 18.2 Å². The summed E-state index contributed by atoms with van der Waals surface area (Å²) < 4.78 is 13.5. The molecule has 0 unspecified atom stereocenters. The van der Waals surface area contributed by atoms with Crippen LogP contribution in [0.3, 0.4) is 0 Å². The van der Waals surface area contributed by atoms with Crippen molar-refractivity contribution in [2.45, 2.75) is 37.4 Å². The molecule has 2 atom stereocenters. The van der Waals surface area contributed by atoms with Crippen LogP contribution in [0.15, 0.2) is 54.6 Å². The minimum Gasteiger partial charge on any atom is -0.479 e. The van der Waals surface area contributed by atoms with E-state index in [1.165, 1.54) is 18.2 Å². The van der Waals surface area contributed by atoms with Crippen LogP contribution in [0.5, 0.6) is 0 Å². The Labute approximate surface area is 173 Å². The summed E-state index contributed by atoms with van der Waals surface area (Å²) >= 11 is 0. The van der Waals surface area contributed by atoms with Crippen LogP contribution in [-0.2, 0) is 4.79 Å². The van der Waals surface area contributed by atoms with Gasteiger partial charge >= 0.3 is 5.97 Å². The van der Waals surface area contributed by atoms with Crippen molar-refractivity contribution in [2.24, 2.45) is 0 Å². The van der Waals surface area contributed by atoms with E-state index in [1.807, 2.05) is 24.3 Å². The van der Waals surface area contributed by atoms with E-state index in [0.717, 1.165) is 46.1 Å². The van der Waals surface area contributed by atoms with Crippen LogP contribution >= 0.6 is 0 Å². The molecule has 0 spiro atoms. The molecule has 6 heteroatoms. The van der Waals surface area contributed by atoms with E-state index in [2.05, 4.69) is 0 Å². The first kappa shape index (κ1) is 20.2. The molecule has 1 aromatic heterocycles. The zero-order valence-corrected chi connectivity index (χ0v) is 16.2. The number of fused-ring (bicyclic) bond motifs is 1. The Morgan fingerprint density at radius 1 is 1.13 bits per heavy atom. The number of hydrogen-bond donors (Lipinski definition) is 3. The molecule has 0 radical (unpaired) electrons. The summed E-state index contributed by atoms with van der Waals surface area (Å²) in [5.41, 5.74) is 4.31.